The van der Waals surface area contributed by atoms with Crippen molar-refractivity contribution in [3.63, 3.8) is 0 Å². The fraction of sp³-hybridized carbons (Fsp3) is 0. The number of aromatic nitrogens is 2. The number of para-hydroxylation sites is 4. The van der Waals surface area contributed by atoms with Crippen LogP contribution in [0.25, 0.3) is 77.2 Å². The molecule has 4 nitrogen and oxygen atoms in total. The van der Waals surface area contributed by atoms with Crippen molar-refractivity contribution in [3.8, 4) is 45.8 Å². The van der Waals surface area contributed by atoms with E-state index in [1.807, 2.05) is 36.4 Å². The number of hydrogen-bond donors (Lipinski definition) is 0. The quantitative estimate of drug-likeness (QED) is 0.199. The van der Waals surface area contributed by atoms with Gasteiger partial charge in [0.05, 0.1) is 45.0 Å². The lowest BCUT2D eigenvalue weighted by Crippen LogP contribution is -1.98. The molecule has 48 heavy (non-hydrogen) atoms. The highest BCUT2D eigenvalue weighted by atomic mass is 15.0. The maximum Gasteiger partial charge on any atom is 0.101 e. The van der Waals surface area contributed by atoms with Crippen LogP contribution in [0.15, 0.2) is 158 Å². The molecule has 0 aliphatic rings. The van der Waals surface area contributed by atoms with Gasteiger partial charge in [0, 0.05) is 32.8 Å². The largest absolute Gasteiger partial charge is 0.309 e. The first-order valence-electron chi connectivity index (χ1n) is 15.9. The molecule has 0 amide bonds. The van der Waals surface area contributed by atoms with Gasteiger partial charge in [0.2, 0.25) is 0 Å². The van der Waals surface area contributed by atoms with E-state index in [0.29, 0.717) is 11.1 Å². The molecule has 0 bridgehead atoms. The van der Waals surface area contributed by atoms with Gasteiger partial charge >= 0.3 is 0 Å². The Balaban J connectivity index is 1.23. The third-order valence-corrected chi connectivity index (χ3v) is 9.37. The van der Waals surface area contributed by atoms with Crippen LogP contribution in [0.3, 0.4) is 0 Å². The van der Waals surface area contributed by atoms with Gasteiger partial charge in [-0.3, -0.25) is 0 Å². The molecule has 9 aromatic rings. The highest BCUT2D eigenvalue weighted by Crippen LogP contribution is 2.39. The molecule has 0 radical (unpaired) electrons. The van der Waals surface area contributed by atoms with Crippen LogP contribution in [0.2, 0.25) is 0 Å². The zero-order valence-corrected chi connectivity index (χ0v) is 25.8. The van der Waals surface area contributed by atoms with E-state index in [4.69, 9.17) is 0 Å². The van der Waals surface area contributed by atoms with Crippen molar-refractivity contribution >= 4 is 43.6 Å². The highest BCUT2D eigenvalue weighted by molar-refractivity contribution is 6.11. The lowest BCUT2D eigenvalue weighted by atomic mass is 9.96. The van der Waals surface area contributed by atoms with Gasteiger partial charge in [-0.05, 0) is 77.4 Å². The molecule has 0 aliphatic carbocycles. The number of rotatable bonds is 4. The van der Waals surface area contributed by atoms with E-state index in [1.165, 1.54) is 10.8 Å². The molecule has 9 rings (SSSR count). The van der Waals surface area contributed by atoms with Gasteiger partial charge in [-0.1, -0.05) is 97.1 Å². The summed E-state index contributed by atoms with van der Waals surface area (Å²) in [4.78, 5) is 0. The molecule has 7 aromatic carbocycles. The van der Waals surface area contributed by atoms with E-state index >= 15 is 0 Å². The molecule has 0 N–H and O–H groups in total. The lowest BCUT2D eigenvalue weighted by Gasteiger charge is -2.16. The SMILES string of the molecule is N#Cc1ccc(-n2c3ccccc3c3ccccc32)c(-c2cccc(-c3cccc(-n4c5ccccc5c5cccc(C#N)c54)c3)c2)c1. The minimum absolute atomic E-state index is 0.613. The van der Waals surface area contributed by atoms with Crippen LogP contribution >= 0.6 is 0 Å². The third kappa shape index (κ3) is 4.14. The molecule has 0 spiro atoms. The lowest BCUT2D eigenvalue weighted by molar-refractivity contribution is 1.18. The fourth-order valence-electron chi connectivity index (χ4n) is 7.28. The summed E-state index contributed by atoms with van der Waals surface area (Å²) >= 11 is 0. The van der Waals surface area contributed by atoms with Crippen LogP contribution in [0.1, 0.15) is 11.1 Å². The molecule has 4 heteroatoms. The van der Waals surface area contributed by atoms with Gasteiger partial charge in [-0.15, -0.1) is 0 Å². The zero-order valence-electron chi connectivity index (χ0n) is 25.8. The van der Waals surface area contributed by atoms with Crippen molar-refractivity contribution in [3.05, 3.63) is 169 Å². The Hall–Kier alpha value is -6.88. The van der Waals surface area contributed by atoms with E-state index in [-0.39, 0.29) is 0 Å². The third-order valence-electron chi connectivity index (χ3n) is 9.37. The first kappa shape index (κ1) is 27.4. The van der Waals surface area contributed by atoms with E-state index in [9.17, 15) is 10.5 Å². The topological polar surface area (TPSA) is 57.4 Å². The van der Waals surface area contributed by atoms with Gasteiger partial charge in [0.15, 0.2) is 0 Å². The van der Waals surface area contributed by atoms with Crippen LogP contribution in [-0.4, -0.2) is 9.13 Å². The van der Waals surface area contributed by atoms with Crippen LogP contribution in [0, 0.1) is 22.7 Å². The Morgan fingerprint density at radius 3 is 1.67 bits per heavy atom. The van der Waals surface area contributed by atoms with E-state index in [1.54, 1.807) is 0 Å². The van der Waals surface area contributed by atoms with E-state index < -0.39 is 0 Å². The summed E-state index contributed by atoms with van der Waals surface area (Å²) in [6.07, 6.45) is 0. The molecule has 0 saturated carbocycles. The standard InChI is InChI=1S/C44H26N4/c45-27-29-22-23-43(48-41-20-5-1-15-35(41)36-16-2-6-21-42(36)48)39(24-29)32-12-7-10-30(25-32)31-11-8-14-34(26-31)47-40-19-4-3-17-37(40)38-18-9-13-33(28-46)44(38)47/h1-26H. The van der Waals surface area contributed by atoms with Crippen LogP contribution in [-0.2, 0) is 0 Å². The summed E-state index contributed by atoms with van der Waals surface area (Å²) in [7, 11) is 0. The average Bonchev–Trinajstić information content (AvgIpc) is 3.68. The number of benzene rings is 7. The van der Waals surface area contributed by atoms with E-state index in [2.05, 4.69) is 143 Å². The molecular weight excluding hydrogens is 585 g/mol. The first-order chi connectivity index (χ1) is 23.7. The van der Waals surface area contributed by atoms with E-state index in [0.717, 1.165) is 66.5 Å². The van der Waals surface area contributed by atoms with Crippen LogP contribution in [0.4, 0.5) is 0 Å². The summed E-state index contributed by atoms with van der Waals surface area (Å²) in [5.41, 5.74) is 11.6. The molecule has 2 aromatic heterocycles. The summed E-state index contributed by atoms with van der Waals surface area (Å²) < 4.78 is 4.51. The monoisotopic (exact) mass is 610 g/mol. The second-order valence-electron chi connectivity index (χ2n) is 12.0. The highest BCUT2D eigenvalue weighted by Gasteiger charge is 2.18. The first-order valence-corrected chi connectivity index (χ1v) is 15.9. The second kappa shape index (κ2) is 10.9. The normalized spacial score (nSPS) is 11.3. The average molecular weight is 611 g/mol. The van der Waals surface area contributed by atoms with Gasteiger partial charge in [-0.2, -0.15) is 10.5 Å². The van der Waals surface area contributed by atoms with Crippen molar-refractivity contribution in [2.24, 2.45) is 0 Å². The summed E-state index contributed by atoms with van der Waals surface area (Å²) in [5, 5.41) is 24.6. The number of hydrogen-bond acceptors (Lipinski definition) is 2. The van der Waals surface area contributed by atoms with Gasteiger partial charge in [0.1, 0.15) is 6.07 Å². The number of nitriles is 2. The molecule has 0 unspecified atom stereocenters. The predicted octanol–water partition coefficient (Wildman–Crippen LogP) is 11.0. The molecule has 0 saturated heterocycles. The molecule has 0 atom stereocenters. The predicted molar refractivity (Wildman–Crippen MR) is 195 cm³/mol. The van der Waals surface area contributed by atoms with Crippen molar-refractivity contribution in [1.82, 2.24) is 9.13 Å². The van der Waals surface area contributed by atoms with Crippen molar-refractivity contribution in [2.75, 3.05) is 0 Å². The molecular formula is C44H26N4. The molecule has 2 heterocycles. The summed E-state index contributed by atoms with van der Waals surface area (Å²) in [5.74, 6) is 0. The minimum Gasteiger partial charge on any atom is -0.309 e. The van der Waals surface area contributed by atoms with Gasteiger partial charge < -0.3 is 9.13 Å². The Morgan fingerprint density at radius 1 is 0.417 bits per heavy atom. The Bertz CT molecular complexity index is 2760. The molecule has 222 valence electrons. The van der Waals surface area contributed by atoms with Crippen LogP contribution < -0.4 is 0 Å². The van der Waals surface area contributed by atoms with Crippen molar-refractivity contribution in [1.29, 1.82) is 10.5 Å². The Labute approximate surface area is 277 Å². The minimum atomic E-state index is 0.613. The molecule has 0 aliphatic heterocycles. The number of fused-ring (bicyclic) bond motifs is 6. The maximum absolute atomic E-state index is 10.1. The summed E-state index contributed by atoms with van der Waals surface area (Å²) in [6, 6.07) is 59.0. The molecule has 0 fully saturated rings. The van der Waals surface area contributed by atoms with Gasteiger partial charge in [0.25, 0.3) is 0 Å². The van der Waals surface area contributed by atoms with Crippen molar-refractivity contribution < 1.29 is 0 Å². The Kier molecular flexibility index (Phi) is 6.22. The van der Waals surface area contributed by atoms with Crippen LogP contribution in [0.5, 0.6) is 0 Å². The smallest absolute Gasteiger partial charge is 0.101 e. The van der Waals surface area contributed by atoms with Crippen molar-refractivity contribution in [2.45, 2.75) is 0 Å². The summed E-state index contributed by atoms with van der Waals surface area (Å²) in [6.45, 7) is 0. The zero-order chi connectivity index (χ0) is 32.2. The maximum atomic E-state index is 10.1. The second-order valence-corrected chi connectivity index (χ2v) is 12.0. The Morgan fingerprint density at radius 2 is 0.979 bits per heavy atom. The number of nitrogens with zero attached hydrogens (tertiary/aromatic N) is 4. The fourth-order valence-corrected chi connectivity index (χ4v) is 7.28. The van der Waals surface area contributed by atoms with Gasteiger partial charge in [-0.25, -0.2) is 0 Å².